The number of benzene rings is 2. The Morgan fingerprint density at radius 3 is 1.91 bits per heavy atom. The van der Waals surface area contributed by atoms with Crippen LogP contribution in [0.3, 0.4) is 0 Å². The number of ketones is 1. The molecule has 246 valence electrons. The Hall–Kier alpha value is -4.12. The van der Waals surface area contributed by atoms with Gasteiger partial charge in [-0.05, 0) is 49.2 Å². The second kappa shape index (κ2) is 14.5. The van der Waals surface area contributed by atoms with E-state index in [4.69, 9.17) is 49.1 Å². The number of nitrogens with zero attached hydrogens (tertiary/aromatic N) is 6. The monoisotopic (exact) mass is 653 g/mol. The molecule has 2 aliphatic heterocycles. The summed E-state index contributed by atoms with van der Waals surface area (Å²) in [5.41, 5.74) is 26.3. The third-order valence-corrected chi connectivity index (χ3v) is 8.07. The Morgan fingerprint density at radius 1 is 0.870 bits per heavy atom. The number of aromatic nitrogens is 3. The van der Waals surface area contributed by atoms with Crippen molar-refractivity contribution in [1.82, 2.24) is 15.0 Å². The minimum Gasteiger partial charge on any atom is -0.495 e. The fourth-order valence-corrected chi connectivity index (χ4v) is 5.88. The van der Waals surface area contributed by atoms with Gasteiger partial charge in [-0.25, -0.2) is 0 Å². The van der Waals surface area contributed by atoms with Crippen LogP contribution < -0.4 is 47.9 Å². The van der Waals surface area contributed by atoms with E-state index in [2.05, 4.69) is 15.3 Å². The van der Waals surface area contributed by atoms with E-state index in [0.29, 0.717) is 84.6 Å². The molecule has 16 heteroatoms. The number of anilines is 5. The van der Waals surface area contributed by atoms with Crippen molar-refractivity contribution in [2.45, 2.75) is 43.4 Å². The molecule has 2 aliphatic rings. The van der Waals surface area contributed by atoms with Gasteiger partial charge in [-0.3, -0.25) is 14.4 Å². The molecular weight excluding hydrogens is 614 g/mol. The van der Waals surface area contributed by atoms with Gasteiger partial charge < -0.3 is 42.8 Å². The van der Waals surface area contributed by atoms with Crippen molar-refractivity contribution in [1.29, 1.82) is 0 Å². The van der Waals surface area contributed by atoms with Crippen LogP contribution in [-0.4, -0.2) is 91.2 Å². The molecule has 0 bridgehead atoms. The lowest BCUT2D eigenvalue weighted by molar-refractivity contribution is -0.123. The van der Waals surface area contributed by atoms with Gasteiger partial charge in [-0.2, -0.15) is 20.0 Å². The highest BCUT2D eigenvalue weighted by Gasteiger charge is 2.29. The van der Waals surface area contributed by atoms with Crippen molar-refractivity contribution in [2.24, 2.45) is 22.9 Å². The summed E-state index contributed by atoms with van der Waals surface area (Å²) in [4.78, 5) is 49.3. The lowest BCUT2D eigenvalue weighted by Crippen LogP contribution is -2.54. The zero-order valence-corrected chi connectivity index (χ0v) is 26.6. The molecular formula is C30H40ClN11O4. The second-order valence-corrected chi connectivity index (χ2v) is 12.0. The van der Waals surface area contributed by atoms with E-state index in [1.54, 1.807) is 42.5 Å². The van der Waals surface area contributed by atoms with Crippen molar-refractivity contribution in [3.8, 4) is 5.75 Å². The van der Waals surface area contributed by atoms with E-state index < -0.39 is 12.3 Å². The summed E-state index contributed by atoms with van der Waals surface area (Å²) in [6, 6.07) is 10.9. The molecule has 0 unspecified atom stereocenters. The number of amides is 1. The Bertz CT molecular complexity index is 1480. The number of piperidine rings is 2. The molecule has 0 radical (unpaired) electrons. The quantitative estimate of drug-likeness (QED) is 0.118. The lowest BCUT2D eigenvalue weighted by atomic mass is 10.0. The van der Waals surface area contributed by atoms with Gasteiger partial charge in [-0.1, -0.05) is 11.6 Å². The van der Waals surface area contributed by atoms with E-state index in [1.807, 2.05) is 9.80 Å². The zero-order chi connectivity index (χ0) is 33.0. The number of methoxy groups -OCH3 is 1. The summed E-state index contributed by atoms with van der Waals surface area (Å²) >= 11 is 6.10. The van der Waals surface area contributed by atoms with Gasteiger partial charge in [0.2, 0.25) is 17.8 Å². The summed E-state index contributed by atoms with van der Waals surface area (Å²) < 4.78 is 5.22. The van der Waals surface area contributed by atoms with E-state index >= 15 is 0 Å². The molecule has 4 atom stereocenters. The number of carbonyl (C=O) groups excluding carboxylic acids is 2. The summed E-state index contributed by atoms with van der Waals surface area (Å²) in [6.45, 7) is 2.21. The average molecular weight is 654 g/mol. The van der Waals surface area contributed by atoms with Crippen molar-refractivity contribution >= 4 is 52.5 Å². The average Bonchev–Trinajstić information content (AvgIpc) is 3.01. The van der Waals surface area contributed by atoms with Crippen LogP contribution in [0.2, 0.25) is 5.02 Å². The van der Waals surface area contributed by atoms with Crippen molar-refractivity contribution in [3.63, 3.8) is 0 Å². The van der Waals surface area contributed by atoms with E-state index in [9.17, 15) is 9.59 Å². The smallest absolute Gasteiger partial charge is 0.258 e. The number of Topliss-reactive ketones (excluding diaryl/α,β-unsaturated/α-hetero) is 1. The molecule has 0 spiro atoms. The largest absolute Gasteiger partial charge is 0.495 e. The number of nitrogens with two attached hydrogens (primary N) is 4. The molecule has 0 aliphatic carbocycles. The van der Waals surface area contributed by atoms with Gasteiger partial charge in [0.05, 0.1) is 31.4 Å². The highest BCUT2D eigenvalue weighted by molar-refractivity contribution is 6.32. The van der Waals surface area contributed by atoms with Gasteiger partial charge in [0.25, 0.3) is 5.91 Å². The van der Waals surface area contributed by atoms with Gasteiger partial charge in [0.1, 0.15) is 5.75 Å². The summed E-state index contributed by atoms with van der Waals surface area (Å²) in [7, 11) is 2.80. The van der Waals surface area contributed by atoms with Crippen LogP contribution >= 0.6 is 11.6 Å². The maximum absolute atomic E-state index is 13.0. The lowest BCUT2D eigenvalue weighted by Gasteiger charge is -2.37. The van der Waals surface area contributed by atoms with Crippen LogP contribution in [0.15, 0.2) is 42.5 Å². The number of hydrogen-bond donors (Lipinski definition) is 5. The summed E-state index contributed by atoms with van der Waals surface area (Å²) in [5.74, 6) is 0.600. The van der Waals surface area contributed by atoms with Gasteiger partial charge in [0, 0.05) is 67.7 Å². The number of carbonyl (C=O) groups is 2. The molecule has 0 saturated carbocycles. The number of hydrogen-bond acceptors (Lipinski definition) is 14. The summed E-state index contributed by atoms with van der Waals surface area (Å²) in [5, 5.41) is 4.61. The topological polar surface area (TPSA) is 217 Å². The predicted octanol–water partition coefficient (Wildman–Crippen LogP) is 1.17. The molecule has 1 aromatic heterocycles. The van der Waals surface area contributed by atoms with Crippen molar-refractivity contribution in [3.05, 3.63) is 53.1 Å². The molecule has 2 fully saturated rings. The first-order valence-electron chi connectivity index (χ1n) is 14.9. The van der Waals surface area contributed by atoms with Crippen LogP contribution in [0.4, 0.5) is 29.2 Å². The standard InChI is InChI=1S/C30H40ClN11O4/c1-45-26-11-23(7-8-24(26)31)42(46-2)27(44)12-25(43)17-3-5-22(6-4-17)36-28-37-29(40-13-18(32)9-19(33)14-40)39-30(38-28)41-15-20(34)10-21(35)16-41/h3-8,11,18-21H,9-10,12-16,32-35H2,1-2H3,(H,36,37,38,39)/t18-,19+,20-,21+. The van der Waals surface area contributed by atoms with E-state index in [-0.39, 0.29) is 30.0 Å². The van der Waals surface area contributed by atoms with Crippen LogP contribution in [-0.2, 0) is 9.63 Å². The Morgan fingerprint density at radius 2 is 1.41 bits per heavy atom. The third kappa shape index (κ3) is 7.99. The van der Waals surface area contributed by atoms with E-state index in [0.717, 1.165) is 5.06 Å². The Kier molecular flexibility index (Phi) is 10.5. The fraction of sp³-hybridized carbons (Fsp3) is 0.433. The maximum atomic E-state index is 13.0. The number of halogens is 1. The number of hydroxylamine groups is 1. The maximum Gasteiger partial charge on any atom is 0.258 e. The van der Waals surface area contributed by atoms with Crippen LogP contribution in [0, 0.1) is 0 Å². The first-order valence-corrected chi connectivity index (χ1v) is 15.3. The first kappa shape index (κ1) is 33.2. The molecule has 3 heterocycles. The SMILES string of the molecule is COc1cc(N(OC)C(=O)CC(=O)c2ccc(Nc3nc(N4C[C@H](N)C[C@H](N)C4)nc(N4C[C@H](N)C[C@H](N)C4)n3)cc2)ccc1Cl. The van der Waals surface area contributed by atoms with Crippen LogP contribution in [0.1, 0.15) is 29.6 Å². The Balaban J connectivity index is 1.32. The number of rotatable bonds is 10. The molecule has 1 amide bonds. The normalized spacial score (nSPS) is 21.5. The molecule has 15 nitrogen and oxygen atoms in total. The fourth-order valence-electron chi connectivity index (χ4n) is 5.68. The number of ether oxygens (including phenoxy) is 1. The van der Waals surface area contributed by atoms with E-state index in [1.165, 1.54) is 14.2 Å². The minimum atomic E-state index is -0.557. The first-order chi connectivity index (χ1) is 22.0. The minimum absolute atomic E-state index is 0.112. The van der Waals surface area contributed by atoms with Gasteiger partial charge in [0.15, 0.2) is 5.78 Å². The Labute approximate surface area is 272 Å². The molecule has 2 aromatic carbocycles. The van der Waals surface area contributed by atoms with Crippen LogP contribution in [0.25, 0.3) is 0 Å². The zero-order valence-electron chi connectivity index (χ0n) is 25.8. The summed E-state index contributed by atoms with van der Waals surface area (Å²) in [6.07, 6.45) is 1.00. The highest BCUT2D eigenvalue weighted by Crippen LogP contribution is 2.30. The molecule has 9 N–H and O–H groups in total. The predicted molar refractivity (Wildman–Crippen MR) is 177 cm³/mol. The molecule has 46 heavy (non-hydrogen) atoms. The molecule has 5 rings (SSSR count). The highest BCUT2D eigenvalue weighted by atomic mass is 35.5. The second-order valence-electron chi connectivity index (χ2n) is 11.6. The van der Waals surface area contributed by atoms with Crippen molar-refractivity contribution < 1.29 is 19.2 Å². The molecule has 3 aromatic rings. The van der Waals surface area contributed by atoms with Gasteiger partial charge >= 0.3 is 0 Å². The molecule has 2 saturated heterocycles. The van der Waals surface area contributed by atoms with Crippen LogP contribution in [0.5, 0.6) is 5.75 Å². The van der Waals surface area contributed by atoms with Crippen molar-refractivity contribution in [2.75, 3.05) is 60.6 Å². The van der Waals surface area contributed by atoms with Gasteiger partial charge in [-0.15, -0.1) is 0 Å². The number of nitrogens with one attached hydrogen (secondary N) is 1. The third-order valence-electron chi connectivity index (χ3n) is 7.76.